The number of ether oxygens (including phenoxy) is 1. The average molecular weight is 382 g/mol. The van der Waals surface area contributed by atoms with Gasteiger partial charge in [-0.25, -0.2) is 4.39 Å². The second kappa shape index (κ2) is 8.49. The SMILES string of the molecule is CCC[C@H]1CC[C@H](CCc2ccc3c(F)c(OC(F)(F)F)ccc3c2)CC1. The maximum absolute atomic E-state index is 14.3. The number of hydrogen-bond acceptors (Lipinski definition) is 1. The Kier molecular flexibility index (Phi) is 6.28. The topological polar surface area (TPSA) is 9.23 Å². The summed E-state index contributed by atoms with van der Waals surface area (Å²) in [6.45, 7) is 2.24. The summed E-state index contributed by atoms with van der Waals surface area (Å²) in [7, 11) is 0. The summed E-state index contributed by atoms with van der Waals surface area (Å²) in [5, 5.41) is 0.756. The van der Waals surface area contributed by atoms with E-state index >= 15 is 0 Å². The largest absolute Gasteiger partial charge is 0.573 e. The highest BCUT2D eigenvalue weighted by atomic mass is 19.4. The maximum Gasteiger partial charge on any atom is 0.573 e. The van der Waals surface area contributed by atoms with E-state index < -0.39 is 17.9 Å². The number of halogens is 4. The molecule has 0 unspecified atom stereocenters. The molecule has 0 aromatic heterocycles. The van der Waals surface area contributed by atoms with Gasteiger partial charge in [-0.1, -0.05) is 69.7 Å². The highest BCUT2D eigenvalue weighted by Crippen LogP contribution is 2.35. The van der Waals surface area contributed by atoms with Crippen LogP contribution in [-0.4, -0.2) is 6.36 Å². The average Bonchev–Trinajstić information content (AvgIpc) is 2.63. The number of rotatable bonds is 6. The van der Waals surface area contributed by atoms with Crippen LogP contribution < -0.4 is 4.74 Å². The Morgan fingerprint density at radius 2 is 1.63 bits per heavy atom. The summed E-state index contributed by atoms with van der Waals surface area (Å²) in [6.07, 6.45) is 4.94. The van der Waals surface area contributed by atoms with Gasteiger partial charge in [0.2, 0.25) is 0 Å². The van der Waals surface area contributed by atoms with Crippen molar-refractivity contribution in [3.05, 3.63) is 41.7 Å². The maximum atomic E-state index is 14.3. The lowest BCUT2D eigenvalue weighted by atomic mass is 9.78. The van der Waals surface area contributed by atoms with Crippen LogP contribution in [0.3, 0.4) is 0 Å². The quantitative estimate of drug-likeness (QED) is 0.472. The van der Waals surface area contributed by atoms with Gasteiger partial charge in [-0.05, 0) is 41.7 Å². The van der Waals surface area contributed by atoms with Gasteiger partial charge in [0, 0.05) is 5.39 Å². The first-order valence-electron chi connectivity index (χ1n) is 9.82. The van der Waals surface area contributed by atoms with E-state index in [1.54, 1.807) is 6.07 Å². The van der Waals surface area contributed by atoms with Crippen LogP contribution >= 0.6 is 0 Å². The first-order valence-corrected chi connectivity index (χ1v) is 9.82. The number of fused-ring (bicyclic) bond motifs is 1. The van der Waals surface area contributed by atoms with E-state index in [1.807, 2.05) is 12.1 Å². The van der Waals surface area contributed by atoms with Gasteiger partial charge < -0.3 is 4.74 Å². The summed E-state index contributed by atoms with van der Waals surface area (Å²) < 4.78 is 55.1. The Morgan fingerprint density at radius 1 is 0.963 bits per heavy atom. The number of benzene rings is 2. The molecule has 1 saturated carbocycles. The molecule has 5 heteroatoms. The summed E-state index contributed by atoms with van der Waals surface area (Å²) in [4.78, 5) is 0. The van der Waals surface area contributed by atoms with Crippen LogP contribution in [0.1, 0.15) is 57.4 Å². The molecule has 0 bridgehead atoms. The summed E-state index contributed by atoms with van der Waals surface area (Å²) in [5.74, 6) is -0.117. The third-order valence-electron chi connectivity index (χ3n) is 5.71. The van der Waals surface area contributed by atoms with Gasteiger partial charge in [0.05, 0.1) is 0 Å². The number of aryl methyl sites for hydroxylation is 1. The molecule has 0 amide bonds. The van der Waals surface area contributed by atoms with Gasteiger partial charge in [0.1, 0.15) is 0 Å². The predicted octanol–water partition coefficient (Wildman–Crippen LogP) is 7.42. The summed E-state index contributed by atoms with van der Waals surface area (Å²) in [6, 6.07) is 7.77. The second-order valence-corrected chi connectivity index (χ2v) is 7.70. The Balaban J connectivity index is 1.63. The minimum absolute atomic E-state index is 0.153. The second-order valence-electron chi connectivity index (χ2n) is 7.70. The highest BCUT2D eigenvalue weighted by molar-refractivity contribution is 5.85. The third-order valence-corrected chi connectivity index (χ3v) is 5.71. The molecule has 27 heavy (non-hydrogen) atoms. The normalized spacial score (nSPS) is 20.8. The Bertz CT molecular complexity index is 761. The zero-order valence-electron chi connectivity index (χ0n) is 15.6. The summed E-state index contributed by atoms with van der Waals surface area (Å²) in [5.41, 5.74) is 1.10. The standard InChI is InChI=1S/C22H26F4O/c1-2-3-15-4-6-16(7-5-15)8-9-17-10-12-19-18(14-17)11-13-20(21(19)23)27-22(24,25)26/h10-16H,2-9H2,1H3/t15-,16-. The number of alkyl halides is 3. The van der Waals surface area contributed by atoms with E-state index in [0.29, 0.717) is 5.39 Å². The van der Waals surface area contributed by atoms with Crippen molar-refractivity contribution in [3.63, 3.8) is 0 Å². The number of hydrogen-bond donors (Lipinski definition) is 0. The van der Waals surface area contributed by atoms with E-state index in [9.17, 15) is 17.6 Å². The molecular formula is C22H26F4O. The molecule has 2 aromatic rings. The fraction of sp³-hybridized carbons (Fsp3) is 0.545. The van der Waals surface area contributed by atoms with Crippen molar-refractivity contribution in [3.8, 4) is 5.75 Å². The van der Waals surface area contributed by atoms with E-state index in [4.69, 9.17) is 0 Å². The van der Waals surface area contributed by atoms with Crippen LogP contribution in [0.2, 0.25) is 0 Å². The van der Waals surface area contributed by atoms with Gasteiger partial charge in [0.25, 0.3) is 0 Å². The Labute approximate surface area is 157 Å². The molecule has 0 atom stereocenters. The molecule has 1 aliphatic rings. The predicted molar refractivity (Wildman–Crippen MR) is 99.3 cm³/mol. The van der Waals surface area contributed by atoms with Crippen molar-refractivity contribution in [2.75, 3.05) is 0 Å². The molecular weight excluding hydrogens is 356 g/mol. The van der Waals surface area contributed by atoms with Gasteiger partial charge in [-0.3, -0.25) is 0 Å². The molecule has 0 heterocycles. The molecule has 0 radical (unpaired) electrons. The minimum Gasteiger partial charge on any atom is -0.403 e. The van der Waals surface area contributed by atoms with Crippen molar-refractivity contribution in [2.24, 2.45) is 11.8 Å². The summed E-state index contributed by atoms with van der Waals surface area (Å²) >= 11 is 0. The first kappa shape index (κ1) is 20.0. The lowest BCUT2D eigenvalue weighted by Crippen LogP contribution is -2.18. The van der Waals surface area contributed by atoms with E-state index in [2.05, 4.69) is 11.7 Å². The van der Waals surface area contributed by atoms with E-state index in [1.165, 1.54) is 44.6 Å². The van der Waals surface area contributed by atoms with E-state index in [-0.39, 0.29) is 5.39 Å². The Morgan fingerprint density at radius 3 is 2.26 bits per heavy atom. The molecule has 1 nitrogen and oxygen atoms in total. The van der Waals surface area contributed by atoms with Crippen molar-refractivity contribution >= 4 is 10.8 Å². The smallest absolute Gasteiger partial charge is 0.403 e. The van der Waals surface area contributed by atoms with Crippen LogP contribution in [0.25, 0.3) is 10.8 Å². The van der Waals surface area contributed by atoms with Gasteiger partial charge in [-0.15, -0.1) is 13.2 Å². The molecule has 1 aliphatic carbocycles. The van der Waals surface area contributed by atoms with Gasteiger partial charge >= 0.3 is 6.36 Å². The fourth-order valence-electron chi connectivity index (χ4n) is 4.27. The highest BCUT2D eigenvalue weighted by Gasteiger charge is 2.32. The third kappa shape index (κ3) is 5.36. The van der Waals surface area contributed by atoms with Gasteiger partial charge in [0.15, 0.2) is 11.6 Å². The lowest BCUT2D eigenvalue weighted by molar-refractivity contribution is -0.275. The molecule has 0 spiro atoms. The zero-order valence-corrected chi connectivity index (χ0v) is 15.6. The van der Waals surface area contributed by atoms with Crippen LogP contribution in [-0.2, 0) is 6.42 Å². The minimum atomic E-state index is -4.90. The van der Waals surface area contributed by atoms with Crippen molar-refractivity contribution in [1.82, 2.24) is 0 Å². The first-order chi connectivity index (χ1) is 12.9. The van der Waals surface area contributed by atoms with Gasteiger partial charge in [-0.2, -0.15) is 0 Å². The monoisotopic (exact) mass is 382 g/mol. The lowest BCUT2D eigenvalue weighted by Gasteiger charge is -2.28. The van der Waals surface area contributed by atoms with Crippen molar-refractivity contribution < 1.29 is 22.3 Å². The van der Waals surface area contributed by atoms with Crippen LogP contribution in [0.4, 0.5) is 17.6 Å². The van der Waals surface area contributed by atoms with Crippen molar-refractivity contribution in [1.29, 1.82) is 0 Å². The zero-order chi connectivity index (χ0) is 19.4. The molecule has 0 saturated heterocycles. The van der Waals surface area contributed by atoms with Crippen LogP contribution in [0.5, 0.6) is 5.75 Å². The van der Waals surface area contributed by atoms with E-state index in [0.717, 1.165) is 36.3 Å². The van der Waals surface area contributed by atoms with Crippen molar-refractivity contribution in [2.45, 2.75) is 64.7 Å². The van der Waals surface area contributed by atoms with Crippen LogP contribution in [0, 0.1) is 17.7 Å². The van der Waals surface area contributed by atoms with Crippen LogP contribution in [0.15, 0.2) is 30.3 Å². The molecule has 2 aromatic carbocycles. The Hall–Kier alpha value is -1.78. The molecule has 3 rings (SSSR count). The molecule has 148 valence electrons. The molecule has 1 fully saturated rings. The molecule has 0 aliphatic heterocycles. The molecule has 0 N–H and O–H groups in total. The fourth-order valence-corrected chi connectivity index (χ4v) is 4.27.